The van der Waals surface area contributed by atoms with E-state index in [2.05, 4.69) is 26.8 Å². The lowest BCUT2D eigenvalue weighted by Crippen LogP contribution is -2.05. The molecule has 0 saturated heterocycles. The largest absolute Gasteiger partial charge is 0.351 e. The molecule has 1 N–H and O–H groups in total. The van der Waals surface area contributed by atoms with Gasteiger partial charge in [0, 0.05) is 6.54 Å². The minimum Gasteiger partial charge on any atom is -0.351 e. The molecule has 0 unspecified atom stereocenters. The van der Waals surface area contributed by atoms with Gasteiger partial charge in [-0.05, 0) is 11.6 Å². The van der Waals surface area contributed by atoms with Crippen molar-refractivity contribution < 1.29 is 4.39 Å². The van der Waals surface area contributed by atoms with Crippen molar-refractivity contribution in [1.29, 1.82) is 0 Å². The van der Waals surface area contributed by atoms with Gasteiger partial charge in [-0.1, -0.05) is 6.08 Å². The highest BCUT2D eigenvalue weighted by molar-refractivity contribution is 6.28. The Morgan fingerprint density at radius 2 is 2.25 bits per heavy atom. The van der Waals surface area contributed by atoms with Gasteiger partial charge in [0.2, 0.25) is 11.2 Å². The smallest absolute Gasteiger partial charge is 0.314 e. The summed E-state index contributed by atoms with van der Waals surface area (Å²) in [6.07, 6.45) is 0.692. The van der Waals surface area contributed by atoms with Crippen LogP contribution in [-0.4, -0.2) is 21.5 Å². The Labute approximate surface area is 73.5 Å². The lowest BCUT2D eigenvalue weighted by atomic mass is 10.6. The maximum Gasteiger partial charge on any atom is 0.314 e. The van der Waals surface area contributed by atoms with E-state index in [-0.39, 0.29) is 11.2 Å². The van der Waals surface area contributed by atoms with Crippen LogP contribution in [0.15, 0.2) is 12.7 Å². The van der Waals surface area contributed by atoms with Crippen molar-refractivity contribution in [2.75, 3.05) is 11.9 Å². The van der Waals surface area contributed by atoms with Crippen molar-refractivity contribution in [3.05, 3.63) is 24.0 Å². The van der Waals surface area contributed by atoms with Crippen LogP contribution in [0.25, 0.3) is 0 Å². The summed E-state index contributed by atoms with van der Waals surface area (Å²) >= 11 is 5.36. The quantitative estimate of drug-likeness (QED) is 0.726. The van der Waals surface area contributed by atoms with Crippen LogP contribution in [0.3, 0.4) is 0 Å². The molecule has 0 radical (unpaired) electrons. The average Bonchev–Trinajstić information content (AvgIpc) is 1.99. The molecule has 64 valence electrons. The summed E-state index contributed by atoms with van der Waals surface area (Å²) in [5.74, 6) is 0.104. The second kappa shape index (κ2) is 3.96. The van der Waals surface area contributed by atoms with Gasteiger partial charge in [0.1, 0.15) is 0 Å². The molecule has 0 fully saturated rings. The second-order valence-corrected chi connectivity index (χ2v) is 2.20. The summed E-state index contributed by atoms with van der Waals surface area (Å²) in [4.78, 5) is 10.1. The van der Waals surface area contributed by atoms with E-state index in [4.69, 9.17) is 11.6 Å². The molecule has 4 nitrogen and oxygen atoms in total. The highest BCUT2D eigenvalue weighted by Gasteiger charge is 2.01. The summed E-state index contributed by atoms with van der Waals surface area (Å²) in [6, 6.07) is 0. The fraction of sp³-hybridized carbons (Fsp3) is 0.167. The van der Waals surface area contributed by atoms with Gasteiger partial charge in [-0.15, -0.1) is 6.58 Å². The Balaban J connectivity index is 2.78. The molecule has 0 aromatic carbocycles. The molecule has 0 atom stereocenters. The molecular formula is C6H6ClFN4. The van der Waals surface area contributed by atoms with Crippen LogP contribution in [0.5, 0.6) is 0 Å². The molecule has 0 aliphatic rings. The first kappa shape index (κ1) is 8.86. The standard InChI is InChI=1S/C6H6ClFN4/c1-2-3-9-6-11-4(7)10-5(8)12-6/h2H,1,3H2,(H,9,10,11,12). The number of nitrogens with zero attached hydrogens (tertiary/aromatic N) is 3. The molecule has 1 heterocycles. The van der Waals surface area contributed by atoms with E-state index in [1.165, 1.54) is 0 Å². The first-order chi connectivity index (χ1) is 5.72. The van der Waals surface area contributed by atoms with Crippen molar-refractivity contribution in [3.8, 4) is 0 Å². The molecule has 1 rings (SSSR count). The zero-order chi connectivity index (χ0) is 8.97. The second-order valence-electron chi connectivity index (χ2n) is 1.87. The predicted octanol–water partition coefficient (Wildman–Crippen LogP) is 1.26. The van der Waals surface area contributed by atoms with Crippen molar-refractivity contribution in [1.82, 2.24) is 15.0 Å². The Morgan fingerprint density at radius 1 is 1.50 bits per heavy atom. The first-order valence-electron chi connectivity index (χ1n) is 3.14. The van der Waals surface area contributed by atoms with Crippen molar-refractivity contribution in [2.45, 2.75) is 0 Å². The fourth-order valence-corrected chi connectivity index (χ4v) is 0.718. The Bertz CT molecular complexity index is 271. The van der Waals surface area contributed by atoms with Gasteiger partial charge in [-0.25, -0.2) is 0 Å². The van der Waals surface area contributed by atoms with E-state index in [0.717, 1.165) is 0 Å². The molecule has 12 heavy (non-hydrogen) atoms. The van der Waals surface area contributed by atoms with Gasteiger partial charge in [-0.3, -0.25) is 0 Å². The number of halogens is 2. The number of hydrogen-bond acceptors (Lipinski definition) is 4. The predicted molar refractivity (Wildman–Crippen MR) is 43.5 cm³/mol. The third-order valence-corrected chi connectivity index (χ3v) is 1.15. The van der Waals surface area contributed by atoms with Crippen LogP contribution in [-0.2, 0) is 0 Å². The maximum atomic E-state index is 12.4. The molecule has 0 aliphatic carbocycles. The van der Waals surface area contributed by atoms with Crippen LogP contribution in [0.1, 0.15) is 0 Å². The highest BCUT2D eigenvalue weighted by atomic mass is 35.5. The topological polar surface area (TPSA) is 50.7 Å². The summed E-state index contributed by atoms with van der Waals surface area (Å²) in [5, 5.41) is 2.50. The van der Waals surface area contributed by atoms with Crippen LogP contribution in [0, 0.1) is 6.08 Å². The van der Waals surface area contributed by atoms with Gasteiger partial charge >= 0.3 is 6.08 Å². The maximum absolute atomic E-state index is 12.4. The molecule has 0 saturated carbocycles. The summed E-state index contributed by atoms with van der Waals surface area (Å²) in [5.41, 5.74) is 0. The number of aromatic nitrogens is 3. The van der Waals surface area contributed by atoms with Crippen LogP contribution < -0.4 is 5.32 Å². The summed E-state index contributed by atoms with van der Waals surface area (Å²) in [7, 11) is 0. The normalized spacial score (nSPS) is 9.50. The van der Waals surface area contributed by atoms with Gasteiger partial charge in [-0.2, -0.15) is 19.3 Å². The van der Waals surface area contributed by atoms with E-state index < -0.39 is 6.08 Å². The lowest BCUT2D eigenvalue weighted by molar-refractivity contribution is 0.534. The van der Waals surface area contributed by atoms with Crippen molar-refractivity contribution in [2.24, 2.45) is 0 Å². The molecule has 6 heteroatoms. The van der Waals surface area contributed by atoms with Crippen LogP contribution >= 0.6 is 11.6 Å². The van der Waals surface area contributed by atoms with E-state index >= 15 is 0 Å². The van der Waals surface area contributed by atoms with Crippen molar-refractivity contribution >= 4 is 17.5 Å². The molecule has 0 amide bonds. The Morgan fingerprint density at radius 3 is 2.83 bits per heavy atom. The van der Waals surface area contributed by atoms with E-state index in [9.17, 15) is 4.39 Å². The lowest BCUT2D eigenvalue weighted by Gasteiger charge is -1.99. The SMILES string of the molecule is C=CCNc1nc(F)nc(Cl)n1. The molecule has 1 aromatic rings. The van der Waals surface area contributed by atoms with E-state index in [1.807, 2.05) is 0 Å². The summed E-state index contributed by atoms with van der Waals surface area (Å²) < 4.78 is 12.4. The van der Waals surface area contributed by atoms with Gasteiger partial charge < -0.3 is 5.32 Å². The molecule has 0 aliphatic heterocycles. The molecule has 1 aromatic heterocycles. The number of hydrogen-bond donors (Lipinski definition) is 1. The monoisotopic (exact) mass is 188 g/mol. The molecule has 0 bridgehead atoms. The van der Waals surface area contributed by atoms with Gasteiger partial charge in [0.25, 0.3) is 0 Å². The number of rotatable bonds is 3. The third-order valence-electron chi connectivity index (χ3n) is 0.985. The zero-order valence-corrected chi connectivity index (χ0v) is 6.85. The third kappa shape index (κ3) is 2.43. The molecular weight excluding hydrogens is 183 g/mol. The van der Waals surface area contributed by atoms with E-state index in [1.54, 1.807) is 6.08 Å². The Kier molecular flexibility index (Phi) is 2.93. The highest BCUT2D eigenvalue weighted by Crippen LogP contribution is 2.03. The summed E-state index contributed by atoms with van der Waals surface area (Å²) in [6.45, 7) is 3.90. The first-order valence-corrected chi connectivity index (χ1v) is 3.52. The van der Waals surface area contributed by atoms with Gasteiger partial charge in [0.15, 0.2) is 0 Å². The van der Waals surface area contributed by atoms with Gasteiger partial charge in [0.05, 0.1) is 0 Å². The van der Waals surface area contributed by atoms with Crippen LogP contribution in [0.2, 0.25) is 5.28 Å². The van der Waals surface area contributed by atoms with Crippen molar-refractivity contribution in [3.63, 3.8) is 0 Å². The van der Waals surface area contributed by atoms with E-state index in [0.29, 0.717) is 6.54 Å². The Hall–Kier alpha value is -1.23. The van der Waals surface area contributed by atoms with Crippen LogP contribution in [0.4, 0.5) is 10.3 Å². The zero-order valence-electron chi connectivity index (χ0n) is 6.09. The average molecular weight is 189 g/mol. The minimum absolute atomic E-state index is 0.104. The number of anilines is 1. The number of nitrogens with one attached hydrogen (secondary N) is 1. The minimum atomic E-state index is -0.901. The fourth-order valence-electron chi connectivity index (χ4n) is 0.568. The molecule has 0 spiro atoms.